The molecule has 1 aromatic rings. The first-order chi connectivity index (χ1) is 8.58. The van der Waals surface area contributed by atoms with Gasteiger partial charge in [-0.15, -0.1) is 0 Å². The molecule has 18 heavy (non-hydrogen) atoms. The van der Waals surface area contributed by atoms with Gasteiger partial charge in [0.05, 0.1) is 0 Å². The second kappa shape index (κ2) is 5.89. The average molecular weight is 267 g/mol. The minimum atomic E-state index is -0.0603. The highest BCUT2D eigenvalue weighted by Crippen LogP contribution is 2.34. The van der Waals surface area contributed by atoms with Crippen molar-refractivity contribution < 1.29 is 0 Å². The van der Waals surface area contributed by atoms with Crippen LogP contribution in [-0.2, 0) is 0 Å². The molecular weight excluding hydrogens is 246 g/mol. The van der Waals surface area contributed by atoms with Crippen LogP contribution in [0.1, 0.15) is 31.9 Å². The van der Waals surface area contributed by atoms with Gasteiger partial charge in [0, 0.05) is 23.1 Å². The fraction of sp³-hybridized carbons (Fsp3) is 0.692. The summed E-state index contributed by atoms with van der Waals surface area (Å²) in [5.74, 6) is 0.753. The maximum atomic E-state index is 11.4. The van der Waals surface area contributed by atoms with Crippen molar-refractivity contribution in [2.75, 3.05) is 7.05 Å². The molecule has 0 bridgehead atoms. The lowest BCUT2D eigenvalue weighted by atomic mass is 9.87. The molecule has 3 unspecified atom stereocenters. The highest BCUT2D eigenvalue weighted by Gasteiger charge is 2.28. The van der Waals surface area contributed by atoms with Crippen LogP contribution in [0.2, 0.25) is 0 Å². The molecule has 100 valence electrons. The van der Waals surface area contributed by atoms with Crippen molar-refractivity contribution in [3.63, 3.8) is 0 Å². The van der Waals surface area contributed by atoms with E-state index in [-0.39, 0.29) is 5.56 Å². The Bertz CT molecular complexity index is 460. The van der Waals surface area contributed by atoms with Crippen molar-refractivity contribution in [3.05, 3.63) is 22.1 Å². The van der Waals surface area contributed by atoms with Gasteiger partial charge in [0.2, 0.25) is 0 Å². The number of aromatic nitrogens is 2. The second-order valence-electron chi connectivity index (χ2n) is 5.16. The Morgan fingerprint density at radius 1 is 1.50 bits per heavy atom. The summed E-state index contributed by atoms with van der Waals surface area (Å²) in [4.78, 5) is 18.7. The van der Waals surface area contributed by atoms with Crippen LogP contribution in [0, 0.1) is 12.8 Å². The van der Waals surface area contributed by atoms with Gasteiger partial charge in [0.25, 0.3) is 5.56 Å². The molecular formula is C13H21N3OS. The van der Waals surface area contributed by atoms with Crippen molar-refractivity contribution in [2.45, 2.75) is 49.6 Å². The van der Waals surface area contributed by atoms with Crippen LogP contribution in [0.25, 0.3) is 0 Å². The number of nitrogens with one attached hydrogen (secondary N) is 2. The predicted octanol–water partition coefficient (Wildman–Crippen LogP) is 1.95. The Kier molecular flexibility index (Phi) is 4.45. The van der Waals surface area contributed by atoms with E-state index in [1.807, 2.05) is 14.0 Å². The summed E-state index contributed by atoms with van der Waals surface area (Å²) in [6.07, 6.45) is 3.65. The van der Waals surface area contributed by atoms with Crippen LogP contribution in [0.15, 0.2) is 16.0 Å². The molecule has 1 aliphatic carbocycles. The standard InChI is InChI=1S/C13H21N3OS/c1-8-4-5-10(14-3)11(6-8)18-13-15-9(2)7-12(17)16-13/h7-8,10-11,14H,4-6H2,1-3H3,(H,15,16,17). The molecule has 3 atom stereocenters. The van der Waals surface area contributed by atoms with Crippen LogP contribution < -0.4 is 10.9 Å². The van der Waals surface area contributed by atoms with Crippen LogP contribution in [0.5, 0.6) is 0 Å². The van der Waals surface area contributed by atoms with Gasteiger partial charge in [-0.05, 0) is 39.2 Å². The topological polar surface area (TPSA) is 57.8 Å². The highest BCUT2D eigenvalue weighted by atomic mass is 32.2. The third kappa shape index (κ3) is 3.36. The first kappa shape index (κ1) is 13.6. The summed E-state index contributed by atoms with van der Waals surface area (Å²) < 4.78 is 0. The van der Waals surface area contributed by atoms with Gasteiger partial charge in [-0.3, -0.25) is 4.79 Å². The van der Waals surface area contributed by atoms with Crippen molar-refractivity contribution in [1.82, 2.24) is 15.3 Å². The summed E-state index contributed by atoms with van der Waals surface area (Å²) >= 11 is 1.70. The van der Waals surface area contributed by atoms with Crippen LogP contribution in [-0.4, -0.2) is 28.3 Å². The molecule has 5 heteroatoms. The van der Waals surface area contributed by atoms with Gasteiger partial charge < -0.3 is 10.3 Å². The largest absolute Gasteiger partial charge is 0.316 e. The molecule has 1 aromatic heterocycles. The van der Waals surface area contributed by atoms with Crippen LogP contribution in [0.3, 0.4) is 0 Å². The Labute approximate surface area is 112 Å². The Morgan fingerprint density at radius 2 is 2.28 bits per heavy atom. The molecule has 0 radical (unpaired) electrons. The Balaban J connectivity index is 2.12. The van der Waals surface area contributed by atoms with E-state index >= 15 is 0 Å². The van der Waals surface area contributed by atoms with E-state index < -0.39 is 0 Å². The number of H-pyrrole nitrogens is 1. The van der Waals surface area contributed by atoms with Gasteiger partial charge in [0.1, 0.15) is 0 Å². The van der Waals surface area contributed by atoms with E-state index in [4.69, 9.17) is 0 Å². The summed E-state index contributed by atoms with van der Waals surface area (Å²) in [5, 5.41) is 4.62. The molecule has 0 aromatic carbocycles. The van der Waals surface area contributed by atoms with Gasteiger partial charge in [-0.25, -0.2) is 4.98 Å². The predicted molar refractivity (Wildman–Crippen MR) is 75.1 cm³/mol. The van der Waals surface area contributed by atoms with E-state index in [1.54, 1.807) is 11.8 Å². The maximum Gasteiger partial charge on any atom is 0.251 e. The molecule has 2 rings (SSSR count). The summed E-state index contributed by atoms with van der Waals surface area (Å²) in [6.45, 7) is 4.16. The SMILES string of the molecule is CNC1CCC(C)CC1Sc1nc(C)cc(=O)[nH]1. The molecule has 1 saturated carbocycles. The van der Waals surface area contributed by atoms with Crippen molar-refractivity contribution in [2.24, 2.45) is 5.92 Å². The fourth-order valence-corrected chi connectivity index (χ4v) is 4.04. The second-order valence-corrected chi connectivity index (χ2v) is 6.39. The summed E-state index contributed by atoms with van der Waals surface area (Å²) in [5.41, 5.74) is 0.723. The minimum Gasteiger partial charge on any atom is -0.316 e. The van der Waals surface area contributed by atoms with Gasteiger partial charge in [-0.1, -0.05) is 18.7 Å². The number of thioether (sulfide) groups is 1. The molecule has 0 spiro atoms. The zero-order valence-corrected chi connectivity index (χ0v) is 12.0. The minimum absolute atomic E-state index is 0.0603. The lowest BCUT2D eigenvalue weighted by Crippen LogP contribution is -2.40. The zero-order chi connectivity index (χ0) is 13.1. The number of hydrogen-bond donors (Lipinski definition) is 2. The quantitative estimate of drug-likeness (QED) is 0.822. The molecule has 1 heterocycles. The number of aromatic amines is 1. The van der Waals surface area contributed by atoms with Crippen molar-refractivity contribution >= 4 is 11.8 Å². The summed E-state index contributed by atoms with van der Waals surface area (Å²) in [7, 11) is 2.01. The first-order valence-corrected chi connectivity index (χ1v) is 7.38. The van der Waals surface area contributed by atoms with Gasteiger partial charge in [-0.2, -0.15) is 0 Å². The lowest BCUT2D eigenvalue weighted by Gasteiger charge is -2.33. The first-order valence-electron chi connectivity index (χ1n) is 6.50. The van der Waals surface area contributed by atoms with Crippen LogP contribution in [0.4, 0.5) is 0 Å². The van der Waals surface area contributed by atoms with Gasteiger partial charge >= 0.3 is 0 Å². The van der Waals surface area contributed by atoms with Crippen molar-refractivity contribution in [3.8, 4) is 0 Å². The third-order valence-electron chi connectivity index (χ3n) is 3.54. The average Bonchev–Trinajstić information content (AvgIpc) is 2.27. The van der Waals surface area contributed by atoms with E-state index in [1.165, 1.54) is 25.3 Å². The van der Waals surface area contributed by atoms with Crippen LogP contribution >= 0.6 is 11.8 Å². The third-order valence-corrected chi connectivity index (χ3v) is 4.78. The maximum absolute atomic E-state index is 11.4. The highest BCUT2D eigenvalue weighted by molar-refractivity contribution is 7.99. The van der Waals surface area contributed by atoms with E-state index in [0.717, 1.165) is 16.8 Å². The summed E-state index contributed by atoms with van der Waals surface area (Å²) in [6, 6.07) is 2.04. The number of rotatable bonds is 3. The molecule has 0 aliphatic heterocycles. The number of hydrogen-bond acceptors (Lipinski definition) is 4. The van der Waals surface area contributed by atoms with E-state index in [2.05, 4.69) is 22.2 Å². The lowest BCUT2D eigenvalue weighted by molar-refractivity contribution is 0.328. The molecule has 4 nitrogen and oxygen atoms in total. The van der Waals surface area contributed by atoms with Crippen molar-refractivity contribution in [1.29, 1.82) is 0 Å². The normalized spacial score (nSPS) is 28.3. The smallest absolute Gasteiger partial charge is 0.251 e. The molecule has 1 aliphatic rings. The Hall–Kier alpha value is -0.810. The van der Waals surface area contributed by atoms with E-state index in [0.29, 0.717) is 11.3 Å². The fourth-order valence-electron chi connectivity index (χ4n) is 2.54. The zero-order valence-electron chi connectivity index (χ0n) is 11.2. The molecule has 0 amide bonds. The molecule has 1 fully saturated rings. The Morgan fingerprint density at radius 3 is 2.94 bits per heavy atom. The van der Waals surface area contributed by atoms with Gasteiger partial charge in [0.15, 0.2) is 5.16 Å². The monoisotopic (exact) mass is 267 g/mol. The number of nitrogens with zero attached hydrogens (tertiary/aromatic N) is 1. The number of aryl methyl sites for hydroxylation is 1. The van der Waals surface area contributed by atoms with E-state index in [9.17, 15) is 4.79 Å². The molecule has 0 saturated heterocycles. The molecule has 2 N–H and O–H groups in total.